The van der Waals surface area contributed by atoms with Crippen LogP contribution < -0.4 is 10.2 Å². The smallest absolute Gasteiger partial charge is 0.293 e. The van der Waals surface area contributed by atoms with Crippen LogP contribution in [0.15, 0.2) is 39.1 Å². The topological polar surface area (TPSA) is 76.7 Å². The third-order valence-corrected chi connectivity index (χ3v) is 5.80. The Labute approximate surface area is 171 Å². The van der Waals surface area contributed by atoms with Gasteiger partial charge in [-0.3, -0.25) is 9.59 Å². The van der Waals surface area contributed by atoms with Crippen LogP contribution in [-0.2, 0) is 4.79 Å². The molecular weight excluding hydrogens is 368 g/mol. The van der Waals surface area contributed by atoms with Crippen molar-refractivity contribution >= 4 is 16.8 Å². The summed E-state index contributed by atoms with van der Waals surface area (Å²) in [6.45, 7) is 10.1. The predicted octanol–water partition coefficient (Wildman–Crippen LogP) is 5.49. The minimum Gasteiger partial charge on any atom is -0.508 e. The SMILES string of the molecule is C/C(=C\CC[C@]1(C)Oc2oc3cc(O)ccc3c(=O)c2[C@H]1C)CC(=O)CC(C)C. The van der Waals surface area contributed by atoms with Crippen LogP contribution in [0.5, 0.6) is 11.7 Å². The molecule has 2 atom stereocenters. The minimum atomic E-state index is -0.566. The Kier molecular flexibility index (Phi) is 5.87. The molecule has 0 saturated heterocycles. The highest BCUT2D eigenvalue weighted by Gasteiger charge is 2.45. The predicted molar refractivity (Wildman–Crippen MR) is 114 cm³/mol. The summed E-state index contributed by atoms with van der Waals surface area (Å²) >= 11 is 0. The van der Waals surface area contributed by atoms with Gasteiger partial charge in [0.25, 0.3) is 5.95 Å². The number of phenolic OH excluding ortho intramolecular Hbond substituents is 1. The summed E-state index contributed by atoms with van der Waals surface area (Å²) in [5, 5.41) is 10.1. The zero-order valence-corrected chi connectivity index (χ0v) is 17.9. The van der Waals surface area contributed by atoms with Crippen LogP contribution in [0.2, 0.25) is 0 Å². The van der Waals surface area contributed by atoms with Gasteiger partial charge in [-0.2, -0.15) is 0 Å². The number of hydrogen-bond donors (Lipinski definition) is 1. The zero-order valence-electron chi connectivity index (χ0n) is 17.9. The maximum absolute atomic E-state index is 13.0. The fraction of sp³-hybridized carbons (Fsp3) is 0.500. The van der Waals surface area contributed by atoms with Gasteiger partial charge in [-0.25, -0.2) is 0 Å². The molecule has 1 aromatic carbocycles. The summed E-state index contributed by atoms with van der Waals surface area (Å²) in [5.41, 5.74) is 1.27. The molecule has 3 rings (SSSR count). The Hall–Kier alpha value is -2.56. The molecule has 156 valence electrons. The summed E-state index contributed by atoms with van der Waals surface area (Å²) < 4.78 is 11.9. The monoisotopic (exact) mass is 398 g/mol. The second kappa shape index (κ2) is 8.05. The Morgan fingerprint density at radius 3 is 2.76 bits per heavy atom. The van der Waals surface area contributed by atoms with Crippen LogP contribution >= 0.6 is 0 Å². The highest BCUT2D eigenvalue weighted by Crippen LogP contribution is 2.46. The lowest BCUT2D eigenvalue weighted by Crippen LogP contribution is -2.33. The van der Waals surface area contributed by atoms with E-state index in [0.717, 1.165) is 12.0 Å². The van der Waals surface area contributed by atoms with E-state index in [1.807, 2.05) is 34.6 Å². The maximum atomic E-state index is 13.0. The number of Topliss-reactive ketones (excluding diaryl/α,β-unsaturated/α-hetero) is 1. The largest absolute Gasteiger partial charge is 0.508 e. The van der Waals surface area contributed by atoms with Crippen molar-refractivity contribution in [3.8, 4) is 11.7 Å². The van der Waals surface area contributed by atoms with E-state index < -0.39 is 5.60 Å². The molecule has 29 heavy (non-hydrogen) atoms. The Morgan fingerprint density at radius 1 is 1.34 bits per heavy atom. The normalized spacial score (nSPS) is 21.4. The molecule has 1 N–H and O–H groups in total. The van der Waals surface area contributed by atoms with E-state index in [1.54, 1.807) is 6.07 Å². The number of rotatable bonds is 7. The van der Waals surface area contributed by atoms with Gasteiger partial charge in [0, 0.05) is 24.8 Å². The molecule has 0 unspecified atom stereocenters. The molecule has 2 aromatic rings. The van der Waals surface area contributed by atoms with E-state index in [9.17, 15) is 14.7 Å². The lowest BCUT2D eigenvalue weighted by atomic mass is 9.83. The van der Waals surface area contributed by atoms with Crippen molar-refractivity contribution in [2.45, 2.75) is 71.8 Å². The van der Waals surface area contributed by atoms with E-state index in [-0.39, 0.29) is 28.8 Å². The van der Waals surface area contributed by atoms with Crippen LogP contribution in [0.1, 0.15) is 71.8 Å². The minimum absolute atomic E-state index is 0.0435. The number of aromatic hydroxyl groups is 1. The fourth-order valence-electron chi connectivity index (χ4n) is 4.01. The van der Waals surface area contributed by atoms with Crippen molar-refractivity contribution in [1.29, 1.82) is 0 Å². The van der Waals surface area contributed by atoms with E-state index in [1.165, 1.54) is 12.1 Å². The molecule has 2 heterocycles. The summed E-state index contributed by atoms with van der Waals surface area (Å²) in [5.74, 6) is 0.812. The van der Waals surface area contributed by atoms with Crippen LogP contribution in [0.3, 0.4) is 0 Å². The van der Waals surface area contributed by atoms with E-state index in [0.29, 0.717) is 41.7 Å². The molecule has 5 nitrogen and oxygen atoms in total. The average molecular weight is 398 g/mol. The summed E-state index contributed by atoms with van der Waals surface area (Å²) in [7, 11) is 0. The van der Waals surface area contributed by atoms with E-state index >= 15 is 0 Å². The molecule has 1 aliphatic heterocycles. The lowest BCUT2D eigenvalue weighted by Gasteiger charge is -2.27. The average Bonchev–Trinajstić information content (AvgIpc) is 2.84. The van der Waals surface area contributed by atoms with Crippen LogP contribution in [0, 0.1) is 5.92 Å². The van der Waals surface area contributed by atoms with Crippen LogP contribution in [-0.4, -0.2) is 16.5 Å². The molecule has 1 aromatic heterocycles. The third kappa shape index (κ3) is 4.39. The van der Waals surface area contributed by atoms with Crippen molar-refractivity contribution in [2.75, 3.05) is 0 Å². The lowest BCUT2D eigenvalue weighted by molar-refractivity contribution is -0.119. The van der Waals surface area contributed by atoms with Gasteiger partial charge in [0.1, 0.15) is 22.7 Å². The van der Waals surface area contributed by atoms with Crippen molar-refractivity contribution in [1.82, 2.24) is 0 Å². The fourth-order valence-corrected chi connectivity index (χ4v) is 4.01. The number of hydrogen-bond acceptors (Lipinski definition) is 5. The van der Waals surface area contributed by atoms with E-state index in [2.05, 4.69) is 6.08 Å². The van der Waals surface area contributed by atoms with Gasteiger partial charge in [0.05, 0.1) is 10.9 Å². The second-order valence-electron chi connectivity index (χ2n) is 8.85. The highest BCUT2D eigenvalue weighted by atomic mass is 16.6. The quantitative estimate of drug-likeness (QED) is 0.625. The highest BCUT2D eigenvalue weighted by molar-refractivity contribution is 5.81. The Balaban J connectivity index is 1.75. The van der Waals surface area contributed by atoms with Gasteiger partial charge in [-0.15, -0.1) is 0 Å². The molecule has 1 aliphatic rings. The number of allylic oxidation sites excluding steroid dienone is 2. The Bertz CT molecular complexity index is 1010. The van der Waals surface area contributed by atoms with Gasteiger partial charge in [0.2, 0.25) is 0 Å². The van der Waals surface area contributed by atoms with E-state index in [4.69, 9.17) is 9.15 Å². The molecule has 0 radical (unpaired) electrons. The third-order valence-electron chi connectivity index (χ3n) is 5.80. The number of ether oxygens (including phenoxy) is 1. The Morgan fingerprint density at radius 2 is 2.07 bits per heavy atom. The first kappa shape index (κ1) is 21.2. The number of phenols is 1. The number of carbonyl (C=O) groups excluding carboxylic acids is 1. The molecule has 0 saturated carbocycles. The van der Waals surface area contributed by atoms with Crippen LogP contribution in [0.25, 0.3) is 11.0 Å². The van der Waals surface area contributed by atoms with Gasteiger partial charge < -0.3 is 14.3 Å². The second-order valence-corrected chi connectivity index (χ2v) is 8.85. The molecule has 0 spiro atoms. The van der Waals surface area contributed by atoms with Gasteiger partial charge in [0.15, 0.2) is 5.43 Å². The first-order chi connectivity index (χ1) is 13.6. The van der Waals surface area contributed by atoms with Gasteiger partial charge in [-0.1, -0.05) is 32.4 Å². The molecule has 0 fully saturated rings. The zero-order chi connectivity index (χ0) is 21.3. The number of carbonyl (C=O) groups is 1. The number of fused-ring (bicyclic) bond motifs is 2. The van der Waals surface area contributed by atoms with Crippen molar-refractivity contribution in [3.05, 3.63) is 45.6 Å². The first-order valence-corrected chi connectivity index (χ1v) is 10.3. The number of ketones is 1. The van der Waals surface area contributed by atoms with Crippen molar-refractivity contribution < 1.29 is 19.1 Å². The molecular formula is C24H30O5. The van der Waals surface area contributed by atoms with Crippen molar-refractivity contribution in [3.63, 3.8) is 0 Å². The number of benzene rings is 1. The first-order valence-electron chi connectivity index (χ1n) is 10.3. The summed E-state index contributed by atoms with van der Waals surface area (Å²) in [6, 6.07) is 4.50. The van der Waals surface area contributed by atoms with Crippen LogP contribution in [0.4, 0.5) is 0 Å². The maximum Gasteiger partial charge on any atom is 0.293 e. The van der Waals surface area contributed by atoms with Gasteiger partial charge >= 0.3 is 0 Å². The molecule has 0 bridgehead atoms. The van der Waals surface area contributed by atoms with Crippen molar-refractivity contribution in [2.24, 2.45) is 5.92 Å². The molecule has 5 heteroatoms. The summed E-state index contributed by atoms with van der Waals surface area (Å²) in [6.07, 6.45) is 4.64. The molecule has 0 amide bonds. The molecule has 0 aliphatic carbocycles. The van der Waals surface area contributed by atoms with Gasteiger partial charge in [-0.05, 0) is 44.7 Å². The standard InChI is InChI=1S/C24H30O5/c1-14(2)11-18(26)12-15(3)7-6-10-24(5)16(4)21-22(27)19-9-8-17(25)13-20(19)28-23(21)29-24/h7-9,13-14,16,25H,6,10-12H2,1-5H3/b15-7+/t16-,24+/m1/s1. The summed E-state index contributed by atoms with van der Waals surface area (Å²) in [4.78, 5) is 24.9.